The first-order valence-electron chi connectivity index (χ1n) is 7.18. The summed E-state index contributed by atoms with van der Waals surface area (Å²) in [6.45, 7) is 1.85. The highest BCUT2D eigenvalue weighted by Gasteiger charge is 2.32. The molecule has 5 nitrogen and oxygen atoms in total. The lowest BCUT2D eigenvalue weighted by Crippen LogP contribution is -2.34. The second-order valence-electron chi connectivity index (χ2n) is 5.71. The van der Waals surface area contributed by atoms with E-state index in [9.17, 15) is 15.0 Å². The molecule has 116 valence electrons. The Bertz CT molecular complexity index is 725. The molecule has 1 saturated carbocycles. The zero-order valence-electron chi connectivity index (χ0n) is 12.1. The summed E-state index contributed by atoms with van der Waals surface area (Å²) in [6.07, 6.45) is 0.679. The van der Waals surface area contributed by atoms with E-state index in [0.29, 0.717) is 28.9 Å². The summed E-state index contributed by atoms with van der Waals surface area (Å²) in [5.41, 5.74) is 1.96. The molecule has 1 aromatic carbocycles. The van der Waals surface area contributed by atoms with Crippen molar-refractivity contribution < 1.29 is 15.0 Å². The highest BCUT2D eigenvalue weighted by Crippen LogP contribution is 2.26. The SMILES string of the molecule is Cc1c(C(=O)NC2C[C@@H](O)[C@@H](O)C2)cnc2c(Cl)cccc12. The number of halogens is 1. The normalized spacial score (nSPS) is 24.6. The summed E-state index contributed by atoms with van der Waals surface area (Å²) in [5, 5.41) is 23.3. The van der Waals surface area contributed by atoms with Gasteiger partial charge < -0.3 is 15.5 Å². The number of para-hydroxylation sites is 1. The molecule has 1 aromatic heterocycles. The minimum Gasteiger partial charge on any atom is -0.390 e. The largest absolute Gasteiger partial charge is 0.390 e. The van der Waals surface area contributed by atoms with Gasteiger partial charge in [0.2, 0.25) is 0 Å². The first-order valence-corrected chi connectivity index (χ1v) is 7.56. The van der Waals surface area contributed by atoms with Crippen LogP contribution in [0, 0.1) is 6.92 Å². The number of nitrogens with one attached hydrogen (secondary N) is 1. The topological polar surface area (TPSA) is 82.5 Å². The van der Waals surface area contributed by atoms with Crippen molar-refractivity contribution in [3.8, 4) is 0 Å². The molecule has 1 aliphatic carbocycles. The van der Waals surface area contributed by atoms with Gasteiger partial charge in [0, 0.05) is 17.6 Å². The third kappa shape index (κ3) is 2.67. The van der Waals surface area contributed by atoms with Crippen LogP contribution in [-0.2, 0) is 0 Å². The number of nitrogens with zero attached hydrogens (tertiary/aromatic N) is 1. The van der Waals surface area contributed by atoms with Crippen molar-refractivity contribution in [1.82, 2.24) is 10.3 Å². The van der Waals surface area contributed by atoms with Crippen molar-refractivity contribution in [2.24, 2.45) is 0 Å². The van der Waals surface area contributed by atoms with Gasteiger partial charge in [-0.1, -0.05) is 23.7 Å². The molecule has 1 heterocycles. The fourth-order valence-electron chi connectivity index (χ4n) is 2.92. The Kier molecular flexibility index (Phi) is 4.04. The number of fused-ring (bicyclic) bond motifs is 1. The van der Waals surface area contributed by atoms with Gasteiger partial charge in [-0.3, -0.25) is 9.78 Å². The molecule has 3 N–H and O–H groups in total. The predicted octanol–water partition coefficient (Wildman–Crippen LogP) is 1.81. The standard InChI is InChI=1S/C16H17ClN2O3/c1-8-10-3-2-4-12(17)15(10)18-7-11(8)16(22)19-9-5-13(20)14(21)6-9/h2-4,7,9,13-14,20-21H,5-6H2,1H3,(H,19,22)/t9?,13-,14+. The average Bonchev–Trinajstić information content (AvgIpc) is 2.78. The van der Waals surface area contributed by atoms with Gasteiger partial charge in [0.15, 0.2) is 0 Å². The first-order chi connectivity index (χ1) is 10.5. The number of benzene rings is 1. The summed E-state index contributed by atoms with van der Waals surface area (Å²) in [7, 11) is 0. The Morgan fingerprint density at radius 1 is 1.32 bits per heavy atom. The van der Waals surface area contributed by atoms with Crippen LogP contribution >= 0.6 is 11.6 Å². The van der Waals surface area contributed by atoms with Crippen LogP contribution in [0.5, 0.6) is 0 Å². The van der Waals surface area contributed by atoms with E-state index in [4.69, 9.17) is 11.6 Å². The number of aliphatic hydroxyl groups is 2. The van der Waals surface area contributed by atoms with Crippen molar-refractivity contribution in [3.63, 3.8) is 0 Å². The summed E-state index contributed by atoms with van der Waals surface area (Å²) in [4.78, 5) is 16.7. The van der Waals surface area contributed by atoms with Crippen LogP contribution in [0.1, 0.15) is 28.8 Å². The van der Waals surface area contributed by atoms with Crippen LogP contribution in [-0.4, -0.2) is 39.4 Å². The molecule has 0 saturated heterocycles. The Labute approximate surface area is 132 Å². The van der Waals surface area contributed by atoms with Crippen LogP contribution in [0.2, 0.25) is 5.02 Å². The molecule has 1 amide bonds. The Hall–Kier alpha value is -1.69. The molecule has 0 aliphatic heterocycles. The van der Waals surface area contributed by atoms with E-state index in [1.54, 1.807) is 6.07 Å². The summed E-state index contributed by atoms with van der Waals surface area (Å²) >= 11 is 6.11. The van der Waals surface area contributed by atoms with Crippen molar-refractivity contribution in [1.29, 1.82) is 0 Å². The van der Waals surface area contributed by atoms with Crippen molar-refractivity contribution in [3.05, 3.63) is 40.5 Å². The molecule has 1 unspecified atom stereocenters. The van der Waals surface area contributed by atoms with E-state index in [1.165, 1.54) is 6.20 Å². The Balaban J connectivity index is 1.87. The lowest BCUT2D eigenvalue weighted by atomic mass is 10.0. The zero-order chi connectivity index (χ0) is 15.9. The highest BCUT2D eigenvalue weighted by molar-refractivity contribution is 6.35. The maximum Gasteiger partial charge on any atom is 0.253 e. The molecule has 0 spiro atoms. The van der Waals surface area contributed by atoms with E-state index in [0.717, 1.165) is 10.9 Å². The fraction of sp³-hybridized carbons (Fsp3) is 0.375. The van der Waals surface area contributed by atoms with Crippen LogP contribution in [0.4, 0.5) is 0 Å². The molecule has 0 bridgehead atoms. The number of rotatable bonds is 2. The zero-order valence-corrected chi connectivity index (χ0v) is 12.8. The van der Waals surface area contributed by atoms with Gasteiger partial charge in [-0.25, -0.2) is 0 Å². The lowest BCUT2D eigenvalue weighted by Gasteiger charge is -2.14. The average molecular weight is 321 g/mol. The van der Waals surface area contributed by atoms with Gasteiger partial charge in [0.25, 0.3) is 5.91 Å². The van der Waals surface area contributed by atoms with Gasteiger partial charge in [0.1, 0.15) is 0 Å². The van der Waals surface area contributed by atoms with Crippen molar-refractivity contribution >= 4 is 28.4 Å². The Morgan fingerprint density at radius 2 is 2.00 bits per heavy atom. The van der Waals surface area contributed by atoms with Crippen molar-refractivity contribution in [2.45, 2.75) is 38.0 Å². The van der Waals surface area contributed by atoms with Crippen LogP contribution in [0.15, 0.2) is 24.4 Å². The van der Waals surface area contributed by atoms with Gasteiger partial charge in [-0.05, 0) is 31.4 Å². The van der Waals surface area contributed by atoms with Crippen molar-refractivity contribution in [2.75, 3.05) is 0 Å². The number of aliphatic hydroxyl groups excluding tert-OH is 2. The molecule has 1 fully saturated rings. The van der Waals surface area contributed by atoms with E-state index in [1.807, 2.05) is 19.1 Å². The number of pyridine rings is 1. The molecular weight excluding hydrogens is 304 g/mol. The predicted molar refractivity (Wildman–Crippen MR) is 84.0 cm³/mol. The summed E-state index contributed by atoms with van der Waals surface area (Å²) < 4.78 is 0. The number of carbonyl (C=O) groups is 1. The van der Waals surface area contributed by atoms with Crippen LogP contribution in [0.25, 0.3) is 10.9 Å². The molecule has 3 rings (SSSR count). The third-order valence-corrected chi connectivity index (χ3v) is 4.50. The van der Waals surface area contributed by atoms with Gasteiger partial charge in [-0.2, -0.15) is 0 Å². The number of hydrogen-bond acceptors (Lipinski definition) is 4. The van der Waals surface area contributed by atoms with Gasteiger partial charge in [-0.15, -0.1) is 0 Å². The molecule has 22 heavy (non-hydrogen) atoms. The fourth-order valence-corrected chi connectivity index (χ4v) is 3.15. The smallest absolute Gasteiger partial charge is 0.253 e. The number of amides is 1. The minimum absolute atomic E-state index is 0.230. The molecular formula is C16H17ClN2O3. The summed E-state index contributed by atoms with van der Waals surface area (Å²) in [6, 6.07) is 5.23. The van der Waals surface area contributed by atoms with Crippen LogP contribution in [0.3, 0.4) is 0 Å². The maximum atomic E-state index is 12.4. The van der Waals surface area contributed by atoms with E-state index < -0.39 is 12.2 Å². The minimum atomic E-state index is -0.778. The van der Waals surface area contributed by atoms with Gasteiger partial charge in [0.05, 0.1) is 28.3 Å². The maximum absolute atomic E-state index is 12.4. The Morgan fingerprint density at radius 3 is 2.68 bits per heavy atom. The lowest BCUT2D eigenvalue weighted by molar-refractivity contribution is 0.0438. The number of aryl methyl sites for hydroxylation is 1. The van der Waals surface area contributed by atoms with E-state index in [-0.39, 0.29) is 11.9 Å². The number of carbonyl (C=O) groups excluding carboxylic acids is 1. The highest BCUT2D eigenvalue weighted by atomic mass is 35.5. The monoisotopic (exact) mass is 320 g/mol. The third-order valence-electron chi connectivity index (χ3n) is 4.19. The second kappa shape index (κ2) is 5.83. The molecule has 2 aromatic rings. The van der Waals surface area contributed by atoms with Crippen LogP contribution < -0.4 is 5.32 Å². The molecule has 3 atom stereocenters. The van der Waals surface area contributed by atoms with E-state index >= 15 is 0 Å². The second-order valence-corrected chi connectivity index (χ2v) is 6.12. The quantitative estimate of drug-likeness (QED) is 0.788. The van der Waals surface area contributed by atoms with Gasteiger partial charge >= 0.3 is 0 Å². The molecule has 1 aliphatic rings. The molecule has 6 heteroatoms. The molecule has 0 radical (unpaired) electrons. The first kappa shape index (κ1) is 15.2. The number of hydrogen-bond donors (Lipinski definition) is 3. The number of aromatic nitrogens is 1. The van der Waals surface area contributed by atoms with E-state index in [2.05, 4.69) is 10.3 Å². The summed E-state index contributed by atoms with van der Waals surface area (Å²) in [5.74, 6) is -0.252.